The molecule has 1 unspecified atom stereocenters. The van der Waals surface area contributed by atoms with Gasteiger partial charge in [0.2, 0.25) is 5.91 Å². The van der Waals surface area contributed by atoms with Gasteiger partial charge in [0, 0.05) is 17.6 Å². The number of anilines is 1. The summed E-state index contributed by atoms with van der Waals surface area (Å²) in [5.41, 5.74) is 0.710. The lowest BCUT2D eigenvalue weighted by Gasteiger charge is -2.45. The van der Waals surface area contributed by atoms with E-state index < -0.39 is 0 Å². The summed E-state index contributed by atoms with van der Waals surface area (Å²) in [5, 5.41) is 12.2. The Labute approximate surface area is 121 Å². The van der Waals surface area contributed by atoms with E-state index in [0.29, 0.717) is 13.0 Å². The van der Waals surface area contributed by atoms with Gasteiger partial charge < -0.3 is 15.3 Å². The fourth-order valence-electron chi connectivity index (χ4n) is 2.48. The van der Waals surface area contributed by atoms with E-state index in [0.717, 1.165) is 10.2 Å². The molecule has 0 saturated carbocycles. The molecule has 5 heteroatoms. The number of amides is 1. The van der Waals surface area contributed by atoms with E-state index in [1.54, 1.807) is 0 Å². The molecule has 1 fully saturated rings. The van der Waals surface area contributed by atoms with Crippen LogP contribution < -0.4 is 10.2 Å². The van der Waals surface area contributed by atoms with Crippen LogP contribution in [0.4, 0.5) is 5.69 Å². The third-order valence-corrected chi connectivity index (χ3v) is 3.94. The second-order valence-corrected chi connectivity index (χ2v) is 6.33. The van der Waals surface area contributed by atoms with Crippen molar-refractivity contribution in [2.45, 2.75) is 31.8 Å². The maximum atomic E-state index is 12.2. The highest BCUT2D eigenvalue weighted by Gasteiger charge is 2.38. The predicted octanol–water partition coefficient (Wildman–Crippen LogP) is 1.91. The standard InChI is InChI=1S/C14H19BrN2O2/c1-14(2)9-17(11-6-4-3-5-10(11)15)12(7-8-18)13(19)16-14/h3-6,12,18H,7-9H2,1-2H3,(H,16,19). The monoisotopic (exact) mass is 326 g/mol. The zero-order chi connectivity index (χ0) is 14.0. The Bertz CT molecular complexity index is 476. The predicted molar refractivity (Wildman–Crippen MR) is 79.2 cm³/mol. The molecule has 1 aromatic carbocycles. The number of hydrogen-bond donors (Lipinski definition) is 2. The van der Waals surface area contributed by atoms with Gasteiger partial charge in [0.05, 0.1) is 11.2 Å². The highest BCUT2D eigenvalue weighted by atomic mass is 79.9. The molecule has 104 valence electrons. The summed E-state index contributed by atoms with van der Waals surface area (Å²) < 4.78 is 0.962. The molecule has 1 saturated heterocycles. The van der Waals surface area contributed by atoms with Gasteiger partial charge in [-0.15, -0.1) is 0 Å². The zero-order valence-corrected chi connectivity index (χ0v) is 12.8. The van der Waals surface area contributed by atoms with E-state index in [1.807, 2.05) is 38.1 Å². The number of carbonyl (C=O) groups excluding carboxylic acids is 1. The average molecular weight is 327 g/mol. The highest BCUT2D eigenvalue weighted by Crippen LogP contribution is 2.31. The Kier molecular flexibility index (Phi) is 4.16. The van der Waals surface area contributed by atoms with E-state index in [4.69, 9.17) is 0 Å². The smallest absolute Gasteiger partial charge is 0.243 e. The van der Waals surface area contributed by atoms with E-state index in [-0.39, 0.29) is 24.1 Å². The molecule has 2 N–H and O–H groups in total. The SMILES string of the molecule is CC1(C)CN(c2ccccc2Br)C(CCO)C(=O)N1. The van der Waals surface area contributed by atoms with Crippen molar-refractivity contribution in [1.29, 1.82) is 0 Å². The Morgan fingerprint density at radius 2 is 2.16 bits per heavy atom. The third-order valence-electron chi connectivity index (χ3n) is 3.27. The van der Waals surface area contributed by atoms with Crippen molar-refractivity contribution in [1.82, 2.24) is 5.32 Å². The van der Waals surface area contributed by atoms with E-state index in [9.17, 15) is 9.90 Å². The summed E-state index contributed by atoms with van der Waals surface area (Å²) in [6.07, 6.45) is 0.434. The summed E-state index contributed by atoms with van der Waals surface area (Å²) in [5.74, 6) is -0.0268. The third kappa shape index (κ3) is 3.09. The van der Waals surface area contributed by atoms with E-state index >= 15 is 0 Å². The van der Waals surface area contributed by atoms with Crippen molar-refractivity contribution >= 4 is 27.5 Å². The Balaban J connectivity index is 2.37. The van der Waals surface area contributed by atoms with E-state index in [1.165, 1.54) is 0 Å². The molecular formula is C14H19BrN2O2. The lowest BCUT2D eigenvalue weighted by molar-refractivity contribution is -0.125. The number of nitrogens with zero attached hydrogens (tertiary/aromatic N) is 1. The number of aliphatic hydroxyl groups is 1. The van der Waals surface area contributed by atoms with Crippen LogP contribution in [-0.2, 0) is 4.79 Å². The van der Waals surface area contributed by atoms with Crippen LogP contribution in [0.5, 0.6) is 0 Å². The first kappa shape index (κ1) is 14.3. The molecule has 0 spiro atoms. The first-order chi connectivity index (χ1) is 8.94. The molecule has 0 aromatic heterocycles. The minimum Gasteiger partial charge on any atom is -0.396 e. The maximum absolute atomic E-state index is 12.2. The molecular weight excluding hydrogens is 308 g/mol. The Hall–Kier alpha value is -1.07. The van der Waals surface area contributed by atoms with Gasteiger partial charge in [0.15, 0.2) is 0 Å². The Morgan fingerprint density at radius 3 is 2.79 bits per heavy atom. The summed E-state index contributed by atoms with van der Waals surface area (Å²) >= 11 is 3.53. The van der Waals surface area contributed by atoms with Gasteiger partial charge in [-0.25, -0.2) is 0 Å². The number of piperazine rings is 1. The zero-order valence-electron chi connectivity index (χ0n) is 11.2. The lowest BCUT2D eigenvalue weighted by atomic mass is 9.96. The van der Waals surface area contributed by atoms with Gasteiger partial charge in [-0.3, -0.25) is 4.79 Å². The number of aliphatic hydroxyl groups excluding tert-OH is 1. The molecule has 1 aliphatic rings. The molecule has 1 heterocycles. The van der Waals surface area contributed by atoms with Crippen LogP contribution in [0.15, 0.2) is 28.7 Å². The lowest BCUT2D eigenvalue weighted by Crippen LogP contribution is -2.65. The molecule has 1 aromatic rings. The summed E-state index contributed by atoms with van der Waals surface area (Å²) in [6, 6.07) is 7.53. The van der Waals surface area contributed by atoms with Gasteiger partial charge in [0.1, 0.15) is 6.04 Å². The maximum Gasteiger partial charge on any atom is 0.243 e. The van der Waals surface area contributed by atoms with Crippen molar-refractivity contribution in [3.8, 4) is 0 Å². The van der Waals surface area contributed by atoms with Crippen LogP contribution in [-0.4, -0.2) is 35.7 Å². The fourth-order valence-corrected chi connectivity index (χ4v) is 2.99. The number of rotatable bonds is 3. The van der Waals surface area contributed by atoms with Gasteiger partial charge >= 0.3 is 0 Å². The topological polar surface area (TPSA) is 52.6 Å². The van der Waals surface area contributed by atoms with Gasteiger partial charge in [-0.1, -0.05) is 12.1 Å². The van der Waals surface area contributed by atoms with Crippen LogP contribution in [0.2, 0.25) is 0 Å². The number of nitrogens with one attached hydrogen (secondary N) is 1. The molecule has 1 amide bonds. The number of halogens is 1. The highest BCUT2D eigenvalue weighted by molar-refractivity contribution is 9.10. The normalized spacial score (nSPS) is 22.2. The molecule has 1 aliphatic heterocycles. The summed E-state index contributed by atoms with van der Waals surface area (Å²) in [4.78, 5) is 14.3. The first-order valence-corrected chi connectivity index (χ1v) is 7.18. The van der Waals surface area contributed by atoms with Crippen LogP contribution in [0, 0.1) is 0 Å². The van der Waals surface area contributed by atoms with Crippen LogP contribution in [0.3, 0.4) is 0 Å². The van der Waals surface area contributed by atoms with Gasteiger partial charge in [-0.05, 0) is 48.3 Å². The average Bonchev–Trinajstić information content (AvgIpc) is 2.32. The first-order valence-electron chi connectivity index (χ1n) is 6.39. The van der Waals surface area contributed by atoms with Gasteiger partial charge in [0.25, 0.3) is 0 Å². The number of para-hydroxylation sites is 1. The molecule has 0 bridgehead atoms. The van der Waals surface area contributed by atoms with Gasteiger partial charge in [-0.2, -0.15) is 0 Å². The Morgan fingerprint density at radius 1 is 1.47 bits per heavy atom. The summed E-state index contributed by atoms with van der Waals surface area (Å²) in [6.45, 7) is 4.72. The minimum absolute atomic E-state index is 0.000528. The van der Waals surface area contributed by atoms with Crippen molar-refractivity contribution < 1.29 is 9.90 Å². The van der Waals surface area contributed by atoms with Crippen molar-refractivity contribution in [2.75, 3.05) is 18.1 Å². The number of hydrogen-bond acceptors (Lipinski definition) is 3. The molecule has 0 radical (unpaired) electrons. The van der Waals surface area contributed by atoms with Crippen LogP contribution in [0.25, 0.3) is 0 Å². The molecule has 19 heavy (non-hydrogen) atoms. The number of benzene rings is 1. The molecule has 1 atom stereocenters. The quantitative estimate of drug-likeness (QED) is 0.892. The second kappa shape index (κ2) is 5.51. The number of carbonyl (C=O) groups is 1. The second-order valence-electron chi connectivity index (χ2n) is 5.48. The molecule has 2 rings (SSSR count). The van der Waals surface area contributed by atoms with Crippen molar-refractivity contribution in [3.05, 3.63) is 28.7 Å². The summed E-state index contributed by atoms with van der Waals surface area (Å²) in [7, 11) is 0. The van der Waals surface area contributed by atoms with Crippen LogP contribution in [0.1, 0.15) is 20.3 Å². The molecule has 4 nitrogen and oxygen atoms in total. The van der Waals surface area contributed by atoms with Crippen molar-refractivity contribution in [2.24, 2.45) is 0 Å². The largest absolute Gasteiger partial charge is 0.396 e. The minimum atomic E-state index is -0.322. The van der Waals surface area contributed by atoms with Crippen LogP contribution >= 0.6 is 15.9 Å². The van der Waals surface area contributed by atoms with E-state index in [2.05, 4.69) is 26.1 Å². The van der Waals surface area contributed by atoms with Crippen molar-refractivity contribution in [3.63, 3.8) is 0 Å². The fraction of sp³-hybridized carbons (Fsp3) is 0.500. The molecule has 0 aliphatic carbocycles.